The van der Waals surface area contributed by atoms with Crippen molar-refractivity contribution in [3.05, 3.63) is 23.4 Å². The normalized spacial score (nSPS) is 19.5. The molecule has 0 aliphatic carbocycles. The van der Waals surface area contributed by atoms with Crippen LogP contribution >= 0.6 is 11.6 Å². The number of hydrogen-bond acceptors (Lipinski definition) is 4. The molecule has 1 atom stereocenters. The van der Waals surface area contributed by atoms with E-state index in [2.05, 4.69) is 10.3 Å². The molecular weight excluding hydrogens is 338 g/mol. The van der Waals surface area contributed by atoms with E-state index in [0.717, 1.165) is 6.42 Å². The van der Waals surface area contributed by atoms with E-state index in [1.165, 1.54) is 10.5 Å². The topological polar surface area (TPSA) is 79.4 Å². The summed E-state index contributed by atoms with van der Waals surface area (Å²) in [6.45, 7) is 2.70. The molecule has 2 heterocycles. The molecule has 1 N–H and O–H groups in total. The fourth-order valence-electron chi connectivity index (χ4n) is 2.54. The zero-order valence-electron chi connectivity index (χ0n) is 13.2. The molecule has 6 nitrogen and oxygen atoms in total. The highest BCUT2D eigenvalue weighted by molar-refractivity contribution is 7.89. The number of nitrogens with zero attached hydrogens (tertiary/aromatic N) is 2. The van der Waals surface area contributed by atoms with Gasteiger partial charge in [-0.1, -0.05) is 24.9 Å². The lowest BCUT2D eigenvalue weighted by Crippen LogP contribution is -2.44. The summed E-state index contributed by atoms with van der Waals surface area (Å²) < 4.78 is 26.0. The molecule has 1 aliphatic rings. The van der Waals surface area contributed by atoms with Crippen LogP contribution in [0.15, 0.2) is 18.3 Å². The molecule has 1 aromatic rings. The molecule has 0 radical (unpaired) electrons. The van der Waals surface area contributed by atoms with Crippen LogP contribution in [0.1, 0.15) is 32.6 Å². The monoisotopic (exact) mass is 359 g/mol. The number of nitrogens with one attached hydrogen (secondary N) is 1. The predicted octanol–water partition coefficient (Wildman–Crippen LogP) is 2.52. The summed E-state index contributed by atoms with van der Waals surface area (Å²) in [5, 5.41) is 3.22. The molecule has 0 unspecified atom stereocenters. The summed E-state index contributed by atoms with van der Waals surface area (Å²) in [7, 11) is -3.27. The summed E-state index contributed by atoms with van der Waals surface area (Å²) in [5.41, 5.74) is 0. The molecular formula is C15H22ClN3O3S. The molecule has 1 saturated heterocycles. The van der Waals surface area contributed by atoms with Gasteiger partial charge in [-0.05, 0) is 31.4 Å². The van der Waals surface area contributed by atoms with E-state index in [-0.39, 0.29) is 24.1 Å². The SMILES string of the molecule is CCCCS(=O)(=O)N1CCC[C@@H](C(=O)Nc2ccc(Cl)cn2)C1. The van der Waals surface area contributed by atoms with Gasteiger partial charge in [-0.25, -0.2) is 17.7 Å². The highest BCUT2D eigenvalue weighted by atomic mass is 35.5. The summed E-state index contributed by atoms with van der Waals surface area (Å²) in [4.78, 5) is 16.4. The number of carbonyl (C=O) groups is 1. The van der Waals surface area contributed by atoms with Crippen molar-refractivity contribution in [3.63, 3.8) is 0 Å². The number of unbranched alkanes of at least 4 members (excludes halogenated alkanes) is 1. The van der Waals surface area contributed by atoms with Crippen molar-refractivity contribution in [2.45, 2.75) is 32.6 Å². The number of carbonyl (C=O) groups excluding carboxylic acids is 1. The van der Waals surface area contributed by atoms with Crippen LogP contribution in [0.3, 0.4) is 0 Å². The van der Waals surface area contributed by atoms with E-state index in [1.54, 1.807) is 12.1 Å². The van der Waals surface area contributed by atoms with Gasteiger partial charge in [0.05, 0.1) is 16.7 Å². The molecule has 23 heavy (non-hydrogen) atoms. The number of piperidine rings is 1. The first kappa shape index (κ1) is 18.2. The summed E-state index contributed by atoms with van der Waals surface area (Å²) in [6.07, 6.45) is 4.31. The van der Waals surface area contributed by atoms with E-state index in [1.807, 2.05) is 6.92 Å². The second-order valence-corrected chi connectivity index (χ2v) is 8.24. The second kappa shape index (κ2) is 8.08. The molecule has 0 aromatic carbocycles. The van der Waals surface area contributed by atoms with E-state index in [4.69, 9.17) is 11.6 Å². The first-order valence-electron chi connectivity index (χ1n) is 7.82. The number of amides is 1. The largest absolute Gasteiger partial charge is 0.310 e. The van der Waals surface area contributed by atoms with Crippen LogP contribution in [0.4, 0.5) is 5.82 Å². The van der Waals surface area contributed by atoms with E-state index in [0.29, 0.717) is 36.6 Å². The minimum Gasteiger partial charge on any atom is -0.310 e. The van der Waals surface area contributed by atoms with Crippen LogP contribution in [0.25, 0.3) is 0 Å². The van der Waals surface area contributed by atoms with Gasteiger partial charge in [0, 0.05) is 19.3 Å². The second-order valence-electron chi connectivity index (χ2n) is 5.72. The maximum absolute atomic E-state index is 12.3. The van der Waals surface area contributed by atoms with Gasteiger partial charge in [0.25, 0.3) is 0 Å². The third-order valence-electron chi connectivity index (χ3n) is 3.88. The fourth-order valence-corrected chi connectivity index (χ4v) is 4.38. The lowest BCUT2D eigenvalue weighted by Gasteiger charge is -2.31. The quantitative estimate of drug-likeness (QED) is 0.846. The average molecular weight is 360 g/mol. The Morgan fingerprint density at radius 2 is 2.26 bits per heavy atom. The third-order valence-corrected chi connectivity index (χ3v) is 6.03. The summed E-state index contributed by atoms with van der Waals surface area (Å²) >= 11 is 5.76. The highest BCUT2D eigenvalue weighted by Crippen LogP contribution is 2.21. The molecule has 0 saturated carbocycles. The van der Waals surface area contributed by atoms with Gasteiger partial charge < -0.3 is 5.32 Å². The van der Waals surface area contributed by atoms with E-state index >= 15 is 0 Å². The first-order chi connectivity index (χ1) is 10.9. The van der Waals surface area contributed by atoms with Gasteiger partial charge in [0.1, 0.15) is 5.82 Å². The van der Waals surface area contributed by atoms with Crippen molar-refractivity contribution in [2.75, 3.05) is 24.2 Å². The summed E-state index contributed by atoms with van der Waals surface area (Å²) in [6, 6.07) is 3.27. The zero-order valence-corrected chi connectivity index (χ0v) is 14.7. The lowest BCUT2D eigenvalue weighted by atomic mass is 9.99. The number of sulfonamides is 1. The standard InChI is InChI=1S/C15H22ClN3O3S/c1-2-3-9-23(21,22)19-8-4-5-12(11-19)15(20)18-14-7-6-13(16)10-17-14/h6-7,10,12H,2-5,8-9,11H2,1H3,(H,17,18,20)/t12-/m1/s1. The van der Waals surface area contributed by atoms with Crippen LogP contribution < -0.4 is 5.32 Å². The molecule has 1 amide bonds. The van der Waals surface area contributed by atoms with Crippen molar-refractivity contribution < 1.29 is 13.2 Å². The Labute approximate surface area is 142 Å². The molecule has 1 aliphatic heterocycles. The van der Waals surface area contributed by atoms with Crippen molar-refractivity contribution in [1.29, 1.82) is 0 Å². The smallest absolute Gasteiger partial charge is 0.229 e. The lowest BCUT2D eigenvalue weighted by molar-refractivity contribution is -0.120. The molecule has 8 heteroatoms. The molecule has 2 rings (SSSR count). The Balaban J connectivity index is 1.97. The first-order valence-corrected chi connectivity index (χ1v) is 9.81. The third kappa shape index (κ3) is 5.16. The number of aromatic nitrogens is 1. The minimum absolute atomic E-state index is 0.149. The van der Waals surface area contributed by atoms with Gasteiger partial charge in [0.15, 0.2) is 0 Å². The van der Waals surface area contributed by atoms with Crippen LogP contribution in [0.2, 0.25) is 5.02 Å². The summed E-state index contributed by atoms with van der Waals surface area (Å²) in [5.74, 6) is 0.0227. The van der Waals surface area contributed by atoms with Gasteiger partial charge in [-0.15, -0.1) is 0 Å². The van der Waals surface area contributed by atoms with Crippen LogP contribution in [-0.4, -0.2) is 42.5 Å². The number of halogens is 1. The Morgan fingerprint density at radius 3 is 2.91 bits per heavy atom. The van der Waals surface area contributed by atoms with Crippen molar-refractivity contribution in [1.82, 2.24) is 9.29 Å². The predicted molar refractivity (Wildman–Crippen MR) is 90.9 cm³/mol. The Kier molecular flexibility index (Phi) is 6.38. The van der Waals surface area contributed by atoms with Gasteiger partial charge in [-0.3, -0.25) is 4.79 Å². The van der Waals surface area contributed by atoms with E-state index < -0.39 is 10.0 Å². The Bertz CT molecular complexity index is 634. The number of anilines is 1. The zero-order chi connectivity index (χ0) is 16.9. The maximum atomic E-state index is 12.3. The number of pyridine rings is 1. The van der Waals surface area contributed by atoms with Gasteiger partial charge >= 0.3 is 0 Å². The number of hydrogen-bond donors (Lipinski definition) is 1. The van der Waals surface area contributed by atoms with Crippen molar-refractivity contribution in [2.24, 2.45) is 5.92 Å². The molecule has 0 bridgehead atoms. The van der Waals surface area contributed by atoms with Crippen molar-refractivity contribution >= 4 is 33.3 Å². The molecule has 1 aromatic heterocycles. The maximum Gasteiger partial charge on any atom is 0.229 e. The van der Waals surface area contributed by atoms with Crippen molar-refractivity contribution in [3.8, 4) is 0 Å². The highest BCUT2D eigenvalue weighted by Gasteiger charge is 2.32. The minimum atomic E-state index is -3.27. The van der Waals surface area contributed by atoms with Crippen LogP contribution in [-0.2, 0) is 14.8 Å². The Morgan fingerprint density at radius 1 is 1.48 bits per heavy atom. The average Bonchev–Trinajstić information content (AvgIpc) is 2.55. The van der Waals surface area contributed by atoms with E-state index in [9.17, 15) is 13.2 Å². The number of rotatable bonds is 6. The fraction of sp³-hybridized carbons (Fsp3) is 0.600. The van der Waals surface area contributed by atoms with Gasteiger partial charge in [0.2, 0.25) is 15.9 Å². The van der Waals surface area contributed by atoms with Crippen LogP contribution in [0, 0.1) is 5.92 Å². The van der Waals surface area contributed by atoms with Crippen LogP contribution in [0.5, 0.6) is 0 Å². The molecule has 0 spiro atoms. The molecule has 128 valence electrons. The molecule has 1 fully saturated rings. The Hall–Kier alpha value is -1.18. The van der Waals surface area contributed by atoms with Gasteiger partial charge in [-0.2, -0.15) is 0 Å².